The highest BCUT2D eigenvalue weighted by Crippen LogP contribution is 2.21. The molecule has 4 nitrogen and oxygen atoms in total. The van der Waals surface area contributed by atoms with Crippen LogP contribution in [0.2, 0.25) is 0 Å². The van der Waals surface area contributed by atoms with E-state index in [0.717, 1.165) is 5.56 Å². The summed E-state index contributed by atoms with van der Waals surface area (Å²) in [5, 5.41) is 12.4. The summed E-state index contributed by atoms with van der Waals surface area (Å²) in [5.41, 5.74) is 7.87. The van der Waals surface area contributed by atoms with E-state index < -0.39 is 0 Å². The predicted molar refractivity (Wildman–Crippen MR) is 71.7 cm³/mol. The minimum Gasteiger partial charge on any atom is -0.507 e. The second-order valence-electron chi connectivity index (χ2n) is 4.10. The summed E-state index contributed by atoms with van der Waals surface area (Å²) in [6, 6.07) is 11.9. The van der Waals surface area contributed by atoms with E-state index >= 15 is 0 Å². The van der Waals surface area contributed by atoms with Crippen molar-refractivity contribution in [2.24, 2.45) is 0 Å². The van der Waals surface area contributed by atoms with Crippen molar-refractivity contribution in [3.8, 4) is 5.75 Å². The molecule has 2 rings (SSSR count). The fraction of sp³-hybridized carbons (Fsp3) is 0.0714. The first kappa shape index (κ1) is 12.0. The summed E-state index contributed by atoms with van der Waals surface area (Å²) < 4.78 is 0. The first-order valence-corrected chi connectivity index (χ1v) is 5.53. The molecule has 0 atom stereocenters. The topological polar surface area (TPSA) is 75.4 Å². The van der Waals surface area contributed by atoms with Crippen molar-refractivity contribution in [3.63, 3.8) is 0 Å². The summed E-state index contributed by atoms with van der Waals surface area (Å²) in [6.07, 6.45) is 0. The van der Waals surface area contributed by atoms with Gasteiger partial charge < -0.3 is 16.2 Å². The Bertz CT molecular complexity index is 594. The largest absolute Gasteiger partial charge is 0.507 e. The van der Waals surface area contributed by atoms with Gasteiger partial charge in [0, 0.05) is 17.4 Å². The van der Waals surface area contributed by atoms with Crippen molar-refractivity contribution < 1.29 is 9.90 Å². The number of aryl methyl sites for hydroxylation is 1. The average molecular weight is 242 g/mol. The number of amides is 1. The Morgan fingerprint density at radius 2 is 2.00 bits per heavy atom. The van der Waals surface area contributed by atoms with Crippen LogP contribution in [0.15, 0.2) is 42.5 Å². The number of carbonyl (C=O) groups excluding carboxylic acids is 1. The van der Waals surface area contributed by atoms with E-state index in [1.807, 2.05) is 25.1 Å². The van der Waals surface area contributed by atoms with Gasteiger partial charge in [-0.05, 0) is 36.8 Å². The third kappa shape index (κ3) is 2.60. The van der Waals surface area contributed by atoms with Crippen molar-refractivity contribution >= 4 is 17.3 Å². The summed E-state index contributed by atoms with van der Waals surface area (Å²) in [7, 11) is 0. The molecule has 92 valence electrons. The molecule has 18 heavy (non-hydrogen) atoms. The minimum absolute atomic E-state index is 0.125. The lowest BCUT2D eigenvalue weighted by Gasteiger charge is -2.07. The lowest BCUT2D eigenvalue weighted by atomic mass is 10.1. The number of rotatable bonds is 2. The van der Waals surface area contributed by atoms with Crippen LogP contribution in [0, 0.1) is 6.92 Å². The van der Waals surface area contributed by atoms with E-state index in [-0.39, 0.29) is 17.2 Å². The van der Waals surface area contributed by atoms with Gasteiger partial charge in [-0.15, -0.1) is 0 Å². The number of hydrogen-bond donors (Lipinski definition) is 3. The van der Waals surface area contributed by atoms with Gasteiger partial charge >= 0.3 is 0 Å². The number of benzene rings is 2. The third-order valence-corrected chi connectivity index (χ3v) is 2.54. The van der Waals surface area contributed by atoms with Crippen LogP contribution in [0.25, 0.3) is 0 Å². The lowest BCUT2D eigenvalue weighted by Crippen LogP contribution is -2.12. The Labute approximate surface area is 105 Å². The molecule has 0 heterocycles. The molecule has 0 aliphatic rings. The van der Waals surface area contributed by atoms with Crippen LogP contribution in [-0.2, 0) is 0 Å². The summed E-state index contributed by atoms with van der Waals surface area (Å²) in [6.45, 7) is 1.94. The molecule has 0 unspecified atom stereocenters. The van der Waals surface area contributed by atoms with E-state index in [2.05, 4.69) is 5.32 Å². The smallest absolute Gasteiger partial charge is 0.259 e. The average Bonchev–Trinajstić information content (AvgIpc) is 2.28. The zero-order valence-electron chi connectivity index (χ0n) is 9.97. The molecule has 0 saturated heterocycles. The fourth-order valence-corrected chi connectivity index (χ4v) is 1.66. The van der Waals surface area contributed by atoms with E-state index in [1.54, 1.807) is 12.1 Å². The monoisotopic (exact) mass is 242 g/mol. The Kier molecular flexibility index (Phi) is 3.19. The van der Waals surface area contributed by atoms with Gasteiger partial charge in [0.15, 0.2) is 0 Å². The fourth-order valence-electron chi connectivity index (χ4n) is 1.66. The molecule has 0 saturated carbocycles. The molecule has 0 fully saturated rings. The van der Waals surface area contributed by atoms with Gasteiger partial charge in [0.25, 0.3) is 5.91 Å². The second-order valence-corrected chi connectivity index (χ2v) is 4.10. The van der Waals surface area contributed by atoms with Gasteiger partial charge in [-0.25, -0.2) is 0 Å². The lowest BCUT2D eigenvalue weighted by molar-refractivity contribution is 0.102. The van der Waals surface area contributed by atoms with Gasteiger partial charge in [-0.2, -0.15) is 0 Å². The first-order chi connectivity index (χ1) is 8.56. The number of nitrogens with two attached hydrogens (primary N) is 1. The number of carbonyl (C=O) groups is 1. The van der Waals surface area contributed by atoms with Crippen molar-refractivity contribution in [2.45, 2.75) is 6.92 Å². The Balaban J connectivity index is 2.22. The van der Waals surface area contributed by atoms with Crippen LogP contribution in [0.5, 0.6) is 5.75 Å². The maximum Gasteiger partial charge on any atom is 0.259 e. The zero-order chi connectivity index (χ0) is 13.1. The number of phenols is 1. The van der Waals surface area contributed by atoms with Crippen molar-refractivity contribution in [3.05, 3.63) is 53.6 Å². The van der Waals surface area contributed by atoms with Gasteiger partial charge in [0.05, 0.1) is 5.56 Å². The molecular formula is C14H14N2O2. The van der Waals surface area contributed by atoms with Crippen LogP contribution >= 0.6 is 0 Å². The van der Waals surface area contributed by atoms with E-state index in [1.165, 1.54) is 12.1 Å². The minimum atomic E-state index is -0.363. The Hall–Kier alpha value is -2.49. The van der Waals surface area contributed by atoms with Crippen molar-refractivity contribution in [1.82, 2.24) is 0 Å². The molecule has 0 aromatic heterocycles. The molecule has 4 heteroatoms. The van der Waals surface area contributed by atoms with Crippen LogP contribution in [0.4, 0.5) is 11.4 Å². The van der Waals surface area contributed by atoms with E-state index in [4.69, 9.17) is 5.73 Å². The molecule has 0 bridgehead atoms. The second kappa shape index (κ2) is 4.79. The SMILES string of the molecule is Cc1cccc(NC(=O)c2ccc(N)cc2O)c1. The normalized spacial score (nSPS) is 10.1. The van der Waals surface area contributed by atoms with Crippen molar-refractivity contribution in [2.75, 3.05) is 11.1 Å². The van der Waals surface area contributed by atoms with Crippen LogP contribution < -0.4 is 11.1 Å². The third-order valence-electron chi connectivity index (χ3n) is 2.54. The van der Waals surface area contributed by atoms with Gasteiger partial charge in [-0.1, -0.05) is 12.1 Å². The highest BCUT2D eigenvalue weighted by molar-refractivity contribution is 6.06. The summed E-state index contributed by atoms with van der Waals surface area (Å²) in [5.74, 6) is -0.488. The van der Waals surface area contributed by atoms with Gasteiger partial charge in [-0.3, -0.25) is 4.79 Å². The molecule has 4 N–H and O–H groups in total. The number of anilines is 2. The predicted octanol–water partition coefficient (Wildman–Crippen LogP) is 2.54. The Morgan fingerprint density at radius 1 is 1.22 bits per heavy atom. The number of nitrogens with one attached hydrogen (secondary N) is 1. The molecule has 0 spiro atoms. The number of aromatic hydroxyl groups is 1. The maximum atomic E-state index is 11.9. The molecule has 0 radical (unpaired) electrons. The molecule has 2 aromatic rings. The van der Waals surface area contributed by atoms with Crippen molar-refractivity contribution in [1.29, 1.82) is 0 Å². The van der Waals surface area contributed by atoms with Gasteiger partial charge in [0.1, 0.15) is 5.75 Å². The standard InChI is InChI=1S/C14H14N2O2/c1-9-3-2-4-11(7-9)16-14(18)12-6-5-10(15)8-13(12)17/h2-8,17H,15H2,1H3,(H,16,18). The number of nitrogen functional groups attached to an aromatic ring is 1. The van der Waals surface area contributed by atoms with E-state index in [9.17, 15) is 9.90 Å². The van der Waals surface area contributed by atoms with E-state index in [0.29, 0.717) is 11.4 Å². The maximum absolute atomic E-state index is 11.9. The highest BCUT2D eigenvalue weighted by Gasteiger charge is 2.11. The summed E-state index contributed by atoms with van der Waals surface area (Å²) >= 11 is 0. The zero-order valence-corrected chi connectivity index (χ0v) is 9.97. The molecule has 1 amide bonds. The van der Waals surface area contributed by atoms with Gasteiger partial charge in [0.2, 0.25) is 0 Å². The van der Waals surface area contributed by atoms with Crippen LogP contribution in [0.1, 0.15) is 15.9 Å². The molecule has 0 aliphatic heterocycles. The Morgan fingerprint density at radius 3 is 2.67 bits per heavy atom. The molecule has 0 aliphatic carbocycles. The highest BCUT2D eigenvalue weighted by atomic mass is 16.3. The molecule has 2 aromatic carbocycles. The number of phenolic OH excluding ortho intramolecular Hbond substituents is 1. The quantitative estimate of drug-likeness (QED) is 0.708. The van der Waals surface area contributed by atoms with Crippen LogP contribution in [-0.4, -0.2) is 11.0 Å². The number of hydrogen-bond acceptors (Lipinski definition) is 3. The first-order valence-electron chi connectivity index (χ1n) is 5.53. The summed E-state index contributed by atoms with van der Waals surface area (Å²) in [4.78, 5) is 11.9. The van der Waals surface area contributed by atoms with Crippen LogP contribution in [0.3, 0.4) is 0 Å². The molecular weight excluding hydrogens is 228 g/mol.